The number of cyclic esters (lactones) is 1. The molecule has 0 aliphatic carbocycles. The minimum Gasteiger partial charge on any atom is -0.454 e. The highest BCUT2D eigenvalue weighted by atomic mass is 19.4. The lowest BCUT2D eigenvalue weighted by atomic mass is 9.83. The van der Waals surface area contributed by atoms with E-state index in [0.29, 0.717) is 5.56 Å². The van der Waals surface area contributed by atoms with Gasteiger partial charge in [-0.1, -0.05) is 12.1 Å². The van der Waals surface area contributed by atoms with Gasteiger partial charge in [0, 0.05) is 0 Å². The summed E-state index contributed by atoms with van der Waals surface area (Å²) in [5, 5.41) is 0. The van der Waals surface area contributed by atoms with Crippen LogP contribution in [0.15, 0.2) is 35.9 Å². The highest BCUT2D eigenvalue weighted by Crippen LogP contribution is 2.51. The Kier molecular flexibility index (Phi) is 3.35. The van der Waals surface area contributed by atoms with E-state index >= 15 is 0 Å². The van der Waals surface area contributed by atoms with Crippen molar-refractivity contribution >= 4 is 5.97 Å². The molecule has 1 spiro atoms. The van der Waals surface area contributed by atoms with Gasteiger partial charge in [-0.3, -0.25) is 0 Å². The topological polar surface area (TPSA) is 54.0 Å². The fraction of sp³-hybridized carbons (Fsp3) is 0.471. The van der Waals surface area contributed by atoms with Crippen molar-refractivity contribution in [3.8, 4) is 0 Å². The smallest absolute Gasteiger partial charge is 0.416 e. The first-order valence-electron chi connectivity index (χ1n) is 7.79. The van der Waals surface area contributed by atoms with E-state index in [0.717, 1.165) is 12.1 Å². The first-order chi connectivity index (χ1) is 11.6. The van der Waals surface area contributed by atoms with Crippen molar-refractivity contribution in [1.29, 1.82) is 0 Å². The fourth-order valence-electron chi connectivity index (χ4n) is 3.25. The summed E-state index contributed by atoms with van der Waals surface area (Å²) in [6.07, 6.45) is -3.86. The van der Waals surface area contributed by atoms with E-state index in [1.165, 1.54) is 12.1 Å². The molecule has 2 bridgehead atoms. The minimum atomic E-state index is -4.43. The predicted octanol–water partition coefficient (Wildman–Crippen LogP) is 3.46. The number of alkyl halides is 3. The Morgan fingerprint density at radius 3 is 2.44 bits per heavy atom. The largest absolute Gasteiger partial charge is 0.454 e. The Balaban J connectivity index is 1.65. The van der Waals surface area contributed by atoms with Crippen LogP contribution in [0.5, 0.6) is 0 Å². The molecule has 1 aromatic rings. The summed E-state index contributed by atoms with van der Waals surface area (Å²) in [6, 6.07) is 4.47. The lowest BCUT2D eigenvalue weighted by Gasteiger charge is -2.53. The summed E-state index contributed by atoms with van der Waals surface area (Å²) in [4.78, 5) is 23.1. The maximum Gasteiger partial charge on any atom is 0.416 e. The molecule has 1 aromatic carbocycles. The molecule has 5 nitrogen and oxygen atoms in total. The van der Waals surface area contributed by atoms with E-state index < -0.39 is 35.2 Å². The Morgan fingerprint density at radius 1 is 1.16 bits per heavy atom. The monoisotopic (exact) mass is 356 g/mol. The van der Waals surface area contributed by atoms with Gasteiger partial charge in [-0.25, -0.2) is 9.68 Å². The number of carbonyl (C=O) groups is 1. The second-order valence-corrected chi connectivity index (χ2v) is 6.64. The summed E-state index contributed by atoms with van der Waals surface area (Å²) in [7, 11) is 0. The number of benzene rings is 1. The molecule has 2 saturated heterocycles. The fourth-order valence-corrected chi connectivity index (χ4v) is 3.25. The van der Waals surface area contributed by atoms with Gasteiger partial charge in [0.05, 0.1) is 23.7 Å². The third kappa shape index (κ3) is 2.47. The molecule has 4 aliphatic heterocycles. The molecule has 0 radical (unpaired) electrons. The molecule has 2 unspecified atom stereocenters. The molecule has 0 N–H and O–H groups in total. The van der Waals surface area contributed by atoms with E-state index in [1.807, 2.05) is 0 Å². The van der Waals surface area contributed by atoms with E-state index in [-0.39, 0.29) is 18.1 Å². The Bertz CT molecular complexity index is 757. The van der Waals surface area contributed by atoms with Crippen molar-refractivity contribution in [1.82, 2.24) is 0 Å². The number of rotatable bonds is 1. The number of fused-ring (bicyclic) bond motifs is 2. The van der Waals surface area contributed by atoms with Crippen molar-refractivity contribution in [2.45, 2.75) is 50.0 Å². The lowest BCUT2D eigenvalue weighted by molar-refractivity contribution is -0.518. The van der Waals surface area contributed by atoms with Gasteiger partial charge in [0.1, 0.15) is 11.7 Å². The van der Waals surface area contributed by atoms with Crippen LogP contribution in [0, 0.1) is 0 Å². The molecule has 4 heterocycles. The molecule has 4 atom stereocenters. The Hall–Kier alpha value is -1.90. The number of esters is 1. The predicted molar refractivity (Wildman–Crippen MR) is 76.8 cm³/mol. The van der Waals surface area contributed by atoms with Crippen LogP contribution in [-0.2, 0) is 30.2 Å². The zero-order valence-corrected chi connectivity index (χ0v) is 13.4. The van der Waals surface area contributed by atoms with Crippen LogP contribution >= 0.6 is 0 Å². The number of hydrogen-bond donors (Lipinski definition) is 0. The van der Waals surface area contributed by atoms with Crippen molar-refractivity contribution < 1.29 is 37.2 Å². The molecule has 134 valence electrons. The van der Waals surface area contributed by atoms with E-state index in [1.54, 1.807) is 19.9 Å². The summed E-state index contributed by atoms with van der Waals surface area (Å²) >= 11 is 0. The van der Waals surface area contributed by atoms with Crippen LogP contribution in [0.3, 0.4) is 0 Å². The van der Waals surface area contributed by atoms with Gasteiger partial charge in [0.25, 0.3) is 0 Å². The van der Waals surface area contributed by atoms with Gasteiger partial charge < -0.3 is 9.47 Å². The standard InChI is InChI=1S/C17H15F3O5/c1-9-15(2)7-12-14(21)22-13(8-16(12,23-9)25-24-15)10-3-5-11(6-4-10)17(18,19)20/h3-7,9,13H,8H2,1-2H3/t9?,13?,15-,16+/m1/s1. The second-order valence-electron chi connectivity index (χ2n) is 6.64. The first kappa shape index (κ1) is 16.6. The maximum absolute atomic E-state index is 12.7. The van der Waals surface area contributed by atoms with Gasteiger partial charge in [0.2, 0.25) is 5.79 Å². The van der Waals surface area contributed by atoms with E-state index in [9.17, 15) is 18.0 Å². The molecular weight excluding hydrogens is 341 g/mol. The van der Waals surface area contributed by atoms with E-state index in [4.69, 9.17) is 19.2 Å². The van der Waals surface area contributed by atoms with Crippen LogP contribution in [0.1, 0.15) is 37.5 Å². The van der Waals surface area contributed by atoms with E-state index in [2.05, 4.69) is 0 Å². The molecule has 0 aromatic heterocycles. The molecule has 2 fully saturated rings. The molecular formula is C17H15F3O5. The van der Waals surface area contributed by atoms with Gasteiger partial charge in [-0.2, -0.15) is 18.1 Å². The summed E-state index contributed by atoms with van der Waals surface area (Å²) in [5.74, 6) is -2.03. The quantitative estimate of drug-likeness (QED) is 0.570. The molecule has 8 heteroatoms. The number of hydrogen-bond acceptors (Lipinski definition) is 5. The summed E-state index contributed by atoms with van der Waals surface area (Å²) in [6.45, 7) is 3.52. The molecule has 5 rings (SSSR count). The van der Waals surface area contributed by atoms with Gasteiger partial charge in [-0.05, 0) is 37.6 Å². The van der Waals surface area contributed by atoms with Gasteiger partial charge in [0.15, 0.2) is 0 Å². The molecule has 0 saturated carbocycles. The van der Waals surface area contributed by atoms with Crippen molar-refractivity contribution in [2.75, 3.05) is 0 Å². The normalized spacial score (nSPS) is 37.3. The van der Waals surface area contributed by atoms with Crippen molar-refractivity contribution in [3.63, 3.8) is 0 Å². The van der Waals surface area contributed by atoms with Gasteiger partial charge >= 0.3 is 12.1 Å². The highest BCUT2D eigenvalue weighted by molar-refractivity contribution is 5.92. The van der Waals surface area contributed by atoms with Crippen LogP contribution in [-0.4, -0.2) is 23.5 Å². The first-order valence-corrected chi connectivity index (χ1v) is 7.79. The second kappa shape index (κ2) is 5.06. The summed E-state index contributed by atoms with van der Waals surface area (Å²) < 4.78 is 49.4. The Morgan fingerprint density at radius 2 is 1.84 bits per heavy atom. The van der Waals surface area contributed by atoms with Crippen LogP contribution < -0.4 is 0 Å². The SMILES string of the molecule is CC1O[C@]23CC(c4ccc(C(F)(F)F)cc4)OC(=O)C2=C[C@@]1(C)OO3. The Labute approximate surface area is 141 Å². The van der Waals surface area contributed by atoms with Crippen molar-refractivity contribution in [2.24, 2.45) is 0 Å². The number of carbonyl (C=O) groups excluding carboxylic acids is 1. The zero-order valence-electron chi connectivity index (χ0n) is 13.4. The van der Waals surface area contributed by atoms with Crippen LogP contribution in [0.2, 0.25) is 0 Å². The third-order valence-electron chi connectivity index (χ3n) is 4.90. The molecule has 0 amide bonds. The summed E-state index contributed by atoms with van der Waals surface area (Å²) in [5.41, 5.74) is -1.01. The number of halogens is 3. The zero-order chi connectivity index (χ0) is 18.0. The van der Waals surface area contributed by atoms with Crippen LogP contribution in [0.4, 0.5) is 13.2 Å². The lowest BCUT2D eigenvalue weighted by Crippen LogP contribution is -2.63. The molecule has 4 aliphatic rings. The minimum absolute atomic E-state index is 0.0936. The van der Waals surface area contributed by atoms with Crippen LogP contribution in [0.25, 0.3) is 0 Å². The molecule has 25 heavy (non-hydrogen) atoms. The average Bonchev–Trinajstić information content (AvgIpc) is 2.54. The third-order valence-corrected chi connectivity index (χ3v) is 4.90. The average molecular weight is 356 g/mol. The highest BCUT2D eigenvalue weighted by Gasteiger charge is 2.61. The van der Waals surface area contributed by atoms with Crippen molar-refractivity contribution in [3.05, 3.63) is 47.0 Å². The number of ether oxygens (including phenoxy) is 2. The maximum atomic E-state index is 12.7. The van der Waals surface area contributed by atoms with Gasteiger partial charge in [-0.15, -0.1) is 0 Å².